The number of allylic oxidation sites excluding steroid dienone is 3. The Hall–Kier alpha value is -0.940. The summed E-state index contributed by atoms with van der Waals surface area (Å²) in [5.41, 5.74) is 0.711. The number of hydrogen-bond acceptors (Lipinski definition) is 4. The van der Waals surface area contributed by atoms with E-state index in [2.05, 4.69) is 11.3 Å². The molecule has 1 atom stereocenters. The van der Waals surface area contributed by atoms with Crippen molar-refractivity contribution in [3.8, 4) is 0 Å². The Kier molecular flexibility index (Phi) is 2.92. The van der Waals surface area contributed by atoms with Crippen LogP contribution >= 0.6 is 0 Å². The zero-order valence-electron chi connectivity index (χ0n) is 7.97. The Morgan fingerprint density at radius 1 is 1.50 bits per heavy atom. The molecule has 0 saturated carbocycles. The molecule has 0 heterocycles. The molecular weight excluding hydrogens is 184 g/mol. The fourth-order valence-electron chi connectivity index (χ4n) is 1.25. The first-order valence-electron chi connectivity index (χ1n) is 4.19. The number of ether oxygens (including phenoxy) is 1. The summed E-state index contributed by atoms with van der Waals surface area (Å²) in [6, 6.07) is 0. The van der Waals surface area contributed by atoms with Gasteiger partial charge in [0.1, 0.15) is 0 Å². The van der Waals surface area contributed by atoms with E-state index in [1.54, 1.807) is 6.08 Å². The lowest BCUT2D eigenvalue weighted by Gasteiger charge is -2.36. The van der Waals surface area contributed by atoms with E-state index in [9.17, 15) is 15.3 Å². The Balaban J connectivity index is 3.00. The van der Waals surface area contributed by atoms with E-state index in [1.807, 2.05) is 0 Å². The fourth-order valence-corrected chi connectivity index (χ4v) is 1.25. The van der Waals surface area contributed by atoms with Gasteiger partial charge in [-0.2, -0.15) is 0 Å². The molecule has 3 N–H and O–H groups in total. The Morgan fingerprint density at radius 3 is 2.64 bits per heavy atom. The van der Waals surface area contributed by atoms with Crippen LogP contribution in [0.3, 0.4) is 0 Å². The van der Waals surface area contributed by atoms with Gasteiger partial charge in [0.25, 0.3) is 0 Å². The van der Waals surface area contributed by atoms with Crippen molar-refractivity contribution in [2.24, 2.45) is 0 Å². The Bertz CT molecular complexity index is 290. The molecule has 0 aromatic heterocycles. The van der Waals surface area contributed by atoms with Gasteiger partial charge in [-0.3, -0.25) is 0 Å². The maximum atomic E-state index is 9.72. The smallest absolute Gasteiger partial charge is 0.245 e. The van der Waals surface area contributed by atoms with Gasteiger partial charge in [0, 0.05) is 7.11 Å². The molecule has 0 aliphatic heterocycles. The van der Waals surface area contributed by atoms with E-state index in [4.69, 9.17) is 0 Å². The molecule has 0 aromatic rings. The van der Waals surface area contributed by atoms with Gasteiger partial charge in [0.05, 0.1) is 0 Å². The van der Waals surface area contributed by atoms with E-state index >= 15 is 0 Å². The maximum Gasteiger partial charge on any atom is 0.245 e. The number of aliphatic hydroxyl groups is 3. The molecule has 78 valence electrons. The van der Waals surface area contributed by atoms with Crippen molar-refractivity contribution in [3.05, 3.63) is 36.5 Å². The highest BCUT2D eigenvalue weighted by Gasteiger charge is 2.47. The monoisotopic (exact) mass is 198 g/mol. The minimum absolute atomic E-state index is 0.526. The van der Waals surface area contributed by atoms with Gasteiger partial charge in [-0.25, -0.2) is 0 Å². The summed E-state index contributed by atoms with van der Waals surface area (Å²) in [5.74, 6) is -4.49. The van der Waals surface area contributed by atoms with Crippen molar-refractivity contribution in [1.82, 2.24) is 0 Å². The molecule has 1 rings (SSSR count). The molecule has 0 bridgehead atoms. The highest BCUT2D eigenvalue weighted by Crippen LogP contribution is 2.30. The normalized spacial score (nSPS) is 29.9. The van der Waals surface area contributed by atoms with Crippen LogP contribution in [-0.2, 0) is 4.74 Å². The summed E-state index contributed by atoms with van der Waals surface area (Å²) >= 11 is 0. The average Bonchev–Trinajstić information content (AvgIpc) is 2.12. The van der Waals surface area contributed by atoms with Gasteiger partial charge >= 0.3 is 0 Å². The van der Waals surface area contributed by atoms with Gasteiger partial charge in [-0.1, -0.05) is 12.2 Å². The molecule has 0 spiro atoms. The summed E-state index contributed by atoms with van der Waals surface area (Å²) in [6.45, 7) is 3.54. The third kappa shape index (κ3) is 1.78. The molecule has 0 aromatic carbocycles. The van der Waals surface area contributed by atoms with Crippen LogP contribution in [0.5, 0.6) is 0 Å². The number of methoxy groups -OCH3 is 1. The minimum Gasteiger partial charge on any atom is -0.358 e. The second-order valence-electron chi connectivity index (χ2n) is 3.17. The van der Waals surface area contributed by atoms with Crippen molar-refractivity contribution in [2.75, 3.05) is 7.11 Å². The van der Waals surface area contributed by atoms with Crippen molar-refractivity contribution in [3.63, 3.8) is 0 Å². The maximum absolute atomic E-state index is 9.72. The highest BCUT2D eigenvalue weighted by molar-refractivity contribution is 5.32. The van der Waals surface area contributed by atoms with Crippen LogP contribution in [-0.4, -0.2) is 34.0 Å². The topological polar surface area (TPSA) is 69.9 Å². The van der Waals surface area contributed by atoms with Crippen LogP contribution < -0.4 is 0 Å². The molecule has 0 amide bonds. The summed E-state index contributed by atoms with van der Waals surface area (Å²) in [5, 5.41) is 28.5. The van der Waals surface area contributed by atoms with Crippen LogP contribution in [0, 0.1) is 0 Å². The lowest BCUT2D eigenvalue weighted by molar-refractivity contribution is -0.318. The van der Waals surface area contributed by atoms with Gasteiger partial charge in [-0.05, 0) is 24.1 Å². The first-order valence-corrected chi connectivity index (χ1v) is 4.19. The summed E-state index contributed by atoms with van der Waals surface area (Å²) in [7, 11) is 1.20. The minimum atomic E-state index is -2.40. The molecule has 4 heteroatoms. The van der Waals surface area contributed by atoms with Crippen molar-refractivity contribution in [2.45, 2.75) is 18.0 Å². The third-order valence-electron chi connectivity index (χ3n) is 2.13. The van der Waals surface area contributed by atoms with Gasteiger partial charge in [0.15, 0.2) is 0 Å². The summed E-state index contributed by atoms with van der Waals surface area (Å²) in [4.78, 5) is 0. The van der Waals surface area contributed by atoms with Crippen LogP contribution in [0.15, 0.2) is 36.5 Å². The fraction of sp³-hybridized carbons (Fsp3) is 0.400. The molecule has 0 fully saturated rings. The average molecular weight is 198 g/mol. The van der Waals surface area contributed by atoms with E-state index in [0.717, 1.165) is 6.08 Å². The zero-order chi connectivity index (χ0) is 10.8. The lowest BCUT2D eigenvalue weighted by atomic mass is 9.94. The van der Waals surface area contributed by atoms with Gasteiger partial charge in [-0.15, -0.1) is 6.58 Å². The quantitative estimate of drug-likeness (QED) is 0.443. The molecule has 1 aliphatic carbocycles. The van der Waals surface area contributed by atoms with Crippen LogP contribution in [0.1, 0.15) is 6.42 Å². The SMILES string of the molecule is C=CCC1=CC(O)(OC)C(O)(O)C=C1. The number of hydrogen-bond donors (Lipinski definition) is 3. The number of rotatable bonds is 3. The van der Waals surface area contributed by atoms with E-state index in [1.165, 1.54) is 19.3 Å². The molecule has 1 aliphatic rings. The van der Waals surface area contributed by atoms with E-state index < -0.39 is 11.6 Å². The van der Waals surface area contributed by atoms with E-state index in [-0.39, 0.29) is 0 Å². The lowest BCUT2D eigenvalue weighted by Crippen LogP contribution is -2.54. The van der Waals surface area contributed by atoms with E-state index in [0.29, 0.717) is 12.0 Å². The summed E-state index contributed by atoms with van der Waals surface area (Å²) < 4.78 is 4.66. The zero-order valence-corrected chi connectivity index (χ0v) is 7.97. The molecule has 0 radical (unpaired) electrons. The van der Waals surface area contributed by atoms with Crippen LogP contribution in [0.4, 0.5) is 0 Å². The first kappa shape index (κ1) is 11.1. The standard InChI is InChI=1S/C10H14O4/c1-3-4-8-5-6-9(11,12)10(13,7-8)14-2/h3,5-7,11-13H,1,4H2,2H3. The van der Waals surface area contributed by atoms with Crippen molar-refractivity contribution in [1.29, 1.82) is 0 Å². The molecule has 0 saturated heterocycles. The molecule has 14 heavy (non-hydrogen) atoms. The second-order valence-corrected chi connectivity index (χ2v) is 3.17. The van der Waals surface area contributed by atoms with Gasteiger partial charge in [0.2, 0.25) is 11.6 Å². The predicted octanol–water partition coefficient (Wildman–Crippen LogP) is 0.0746. The van der Waals surface area contributed by atoms with Crippen molar-refractivity contribution < 1.29 is 20.1 Å². The molecular formula is C10H14O4. The predicted molar refractivity (Wildman–Crippen MR) is 51.2 cm³/mol. The third-order valence-corrected chi connectivity index (χ3v) is 2.13. The van der Waals surface area contributed by atoms with Gasteiger partial charge < -0.3 is 20.1 Å². The Labute approximate surface area is 82.4 Å². The summed E-state index contributed by atoms with van der Waals surface area (Å²) in [6.07, 6.45) is 6.02. The van der Waals surface area contributed by atoms with Crippen molar-refractivity contribution >= 4 is 0 Å². The first-order chi connectivity index (χ1) is 6.45. The highest BCUT2D eigenvalue weighted by atomic mass is 16.7. The molecule has 1 unspecified atom stereocenters. The van der Waals surface area contributed by atoms with Crippen LogP contribution in [0.25, 0.3) is 0 Å². The Morgan fingerprint density at radius 2 is 2.14 bits per heavy atom. The largest absolute Gasteiger partial charge is 0.358 e. The molecule has 4 nitrogen and oxygen atoms in total. The van der Waals surface area contributed by atoms with Crippen LogP contribution in [0.2, 0.25) is 0 Å². The second kappa shape index (κ2) is 3.67.